The van der Waals surface area contributed by atoms with Crippen LogP contribution in [0.3, 0.4) is 0 Å². The first-order chi connectivity index (χ1) is 8.38. The van der Waals surface area contributed by atoms with E-state index in [1.807, 2.05) is 7.05 Å². The molecule has 6 heteroatoms. The number of H-pyrrole nitrogens is 1. The summed E-state index contributed by atoms with van der Waals surface area (Å²) in [6.45, 7) is 6.66. The Morgan fingerprint density at radius 2 is 2.06 bits per heavy atom. The van der Waals surface area contributed by atoms with Gasteiger partial charge < -0.3 is 10.0 Å². The summed E-state index contributed by atoms with van der Waals surface area (Å²) in [5.74, 6) is -0.249. The maximum atomic E-state index is 11.6. The van der Waals surface area contributed by atoms with Gasteiger partial charge in [0.1, 0.15) is 0 Å². The molecule has 1 heterocycles. The molecule has 1 aromatic rings. The lowest BCUT2D eigenvalue weighted by atomic mass is 10.2. The third kappa shape index (κ3) is 3.01. The minimum absolute atomic E-state index is 0.167. The topological polar surface area (TPSA) is 78.3 Å². The molecule has 1 unspecified atom stereocenters. The zero-order valence-corrected chi connectivity index (χ0v) is 11.4. The van der Waals surface area contributed by atoms with E-state index in [0.717, 1.165) is 6.42 Å². The number of hydrogen-bond acceptors (Lipinski definition) is 4. The van der Waals surface area contributed by atoms with Crippen LogP contribution in [-0.4, -0.2) is 39.2 Å². The molecular formula is C12H21N3O3. The summed E-state index contributed by atoms with van der Waals surface area (Å²) >= 11 is 0. The van der Waals surface area contributed by atoms with Crippen molar-refractivity contribution in [1.82, 2.24) is 14.5 Å². The van der Waals surface area contributed by atoms with Crippen LogP contribution in [0, 0.1) is 6.92 Å². The molecular weight excluding hydrogens is 234 g/mol. The van der Waals surface area contributed by atoms with Crippen molar-refractivity contribution >= 4 is 0 Å². The Hall–Kier alpha value is -1.56. The molecule has 0 aromatic carbocycles. The van der Waals surface area contributed by atoms with Crippen molar-refractivity contribution in [2.45, 2.75) is 39.8 Å². The molecule has 0 radical (unpaired) electrons. The lowest BCUT2D eigenvalue weighted by Gasteiger charge is -2.23. The standard InChI is InChI=1S/C12H21N3O3/c1-5-8(2)14(4)6-7-15-11(17)9(3)10(16)13-12(15)18/h8,17H,5-7H2,1-4H3,(H,13,16,18). The van der Waals surface area contributed by atoms with Crippen molar-refractivity contribution < 1.29 is 5.11 Å². The Morgan fingerprint density at radius 3 is 2.61 bits per heavy atom. The van der Waals surface area contributed by atoms with Gasteiger partial charge >= 0.3 is 5.69 Å². The van der Waals surface area contributed by atoms with Gasteiger partial charge in [-0.3, -0.25) is 14.3 Å². The fourth-order valence-electron chi connectivity index (χ4n) is 1.66. The molecule has 0 amide bonds. The minimum Gasteiger partial charge on any atom is -0.494 e. The van der Waals surface area contributed by atoms with Gasteiger partial charge in [0.25, 0.3) is 5.56 Å². The van der Waals surface area contributed by atoms with Gasteiger partial charge in [-0.2, -0.15) is 0 Å². The van der Waals surface area contributed by atoms with Crippen LogP contribution in [0.25, 0.3) is 0 Å². The highest BCUT2D eigenvalue weighted by Gasteiger charge is 2.12. The van der Waals surface area contributed by atoms with Crippen molar-refractivity contribution in [2.75, 3.05) is 13.6 Å². The first kappa shape index (κ1) is 14.5. The average Bonchev–Trinajstić information content (AvgIpc) is 2.34. The normalized spacial score (nSPS) is 12.9. The summed E-state index contributed by atoms with van der Waals surface area (Å²) < 4.78 is 1.19. The number of nitrogens with zero attached hydrogens (tertiary/aromatic N) is 2. The number of aromatic nitrogens is 2. The van der Waals surface area contributed by atoms with Crippen LogP contribution in [0.15, 0.2) is 9.59 Å². The molecule has 6 nitrogen and oxygen atoms in total. The average molecular weight is 255 g/mol. The first-order valence-electron chi connectivity index (χ1n) is 6.11. The Bertz CT molecular complexity index is 518. The predicted molar refractivity (Wildman–Crippen MR) is 70.1 cm³/mol. The van der Waals surface area contributed by atoms with E-state index in [4.69, 9.17) is 0 Å². The number of aromatic amines is 1. The summed E-state index contributed by atoms with van der Waals surface area (Å²) in [4.78, 5) is 27.2. The van der Waals surface area contributed by atoms with Gasteiger partial charge in [0.2, 0.25) is 5.88 Å². The van der Waals surface area contributed by atoms with Gasteiger partial charge in [0.05, 0.1) is 5.56 Å². The highest BCUT2D eigenvalue weighted by atomic mass is 16.3. The second kappa shape index (κ2) is 5.86. The maximum Gasteiger partial charge on any atom is 0.331 e. The lowest BCUT2D eigenvalue weighted by Crippen LogP contribution is -2.36. The summed E-state index contributed by atoms with van der Waals surface area (Å²) in [5.41, 5.74) is -0.939. The van der Waals surface area contributed by atoms with Crippen molar-refractivity contribution in [2.24, 2.45) is 0 Å². The van der Waals surface area contributed by atoms with Crippen molar-refractivity contribution in [1.29, 1.82) is 0 Å². The molecule has 102 valence electrons. The highest BCUT2D eigenvalue weighted by molar-refractivity contribution is 5.20. The molecule has 0 aliphatic heterocycles. The highest BCUT2D eigenvalue weighted by Crippen LogP contribution is 2.08. The van der Waals surface area contributed by atoms with Gasteiger partial charge in [-0.05, 0) is 27.3 Å². The quantitative estimate of drug-likeness (QED) is 0.792. The SMILES string of the molecule is CCC(C)N(C)CCn1c(O)c(C)c(=O)[nH]c1=O. The molecule has 1 rings (SSSR count). The molecule has 0 aliphatic rings. The predicted octanol–water partition coefficient (Wildman–Crippen LogP) is 0.281. The Morgan fingerprint density at radius 1 is 1.44 bits per heavy atom. The monoisotopic (exact) mass is 255 g/mol. The van der Waals surface area contributed by atoms with Crippen molar-refractivity contribution in [3.8, 4) is 5.88 Å². The molecule has 1 aromatic heterocycles. The largest absolute Gasteiger partial charge is 0.494 e. The number of nitrogens with one attached hydrogen (secondary N) is 1. The van der Waals surface area contributed by atoms with E-state index < -0.39 is 11.2 Å². The molecule has 0 fully saturated rings. The summed E-state index contributed by atoms with van der Waals surface area (Å²) in [5, 5.41) is 9.79. The van der Waals surface area contributed by atoms with Crippen LogP contribution in [0.4, 0.5) is 0 Å². The van der Waals surface area contributed by atoms with Gasteiger partial charge in [-0.15, -0.1) is 0 Å². The van der Waals surface area contributed by atoms with Crippen molar-refractivity contribution in [3.05, 3.63) is 26.4 Å². The molecule has 0 aliphatic carbocycles. The van der Waals surface area contributed by atoms with E-state index in [2.05, 4.69) is 23.7 Å². The molecule has 0 saturated heterocycles. The number of rotatable bonds is 5. The fraction of sp³-hybridized carbons (Fsp3) is 0.667. The third-order valence-electron chi connectivity index (χ3n) is 3.42. The Balaban J connectivity index is 2.90. The van der Waals surface area contributed by atoms with E-state index in [1.165, 1.54) is 11.5 Å². The smallest absolute Gasteiger partial charge is 0.331 e. The van der Waals surface area contributed by atoms with E-state index in [1.54, 1.807) is 0 Å². The Kier molecular flexibility index (Phi) is 4.72. The molecule has 0 bridgehead atoms. The Labute approximate surface area is 106 Å². The van der Waals surface area contributed by atoms with Gasteiger partial charge in [0.15, 0.2) is 0 Å². The number of hydrogen-bond donors (Lipinski definition) is 2. The first-order valence-corrected chi connectivity index (χ1v) is 6.11. The zero-order chi connectivity index (χ0) is 13.9. The second-order valence-corrected chi connectivity index (χ2v) is 4.60. The van der Waals surface area contributed by atoms with Crippen LogP contribution in [-0.2, 0) is 6.54 Å². The van der Waals surface area contributed by atoms with Crippen LogP contribution < -0.4 is 11.2 Å². The maximum absolute atomic E-state index is 11.6. The summed E-state index contributed by atoms with van der Waals surface area (Å²) in [6.07, 6.45) is 1.02. The van der Waals surface area contributed by atoms with Crippen molar-refractivity contribution in [3.63, 3.8) is 0 Å². The van der Waals surface area contributed by atoms with Gasteiger partial charge in [0, 0.05) is 19.1 Å². The lowest BCUT2D eigenvalue weighted by molar-refractivity contribution is 0.235. The summed E-state index contributed by atoms with van der Waals surface area (Å²) in [6, 6.07) is 0.409. The van der Waals surface area contributed by atoms with E-state index in [-0.39, 0.29) is 11.4 Å². The van der Waals surface area contributed by atoms with E-state index >= 15 is 0 Å². The third-order valence-corrected chi connectivity index (χ3v) is 3.42. The second-order valence-electron chi connectivity index (χ2n) is 4.60. The van der Waals surface area contributed by atoms with Crippen LogP contribution in [0.1, 0.15) is 25.8 Å². The molecule has 0 saturated carbocycles. The van der Waals surface area contributed by atoms with Gasteiger partial charge in [-0.25, -0.2) is 4.79 Å². The molecule has 1 atom stereocenters. The van der Waals surface area contributed by atoms with Gasteiger partial charge in [-0.1, -0.05) is 6.92 Å². The van der Waals surface area contributed by atoms with E-state index in [0.29, 0.717) is 19.1 Å². The van der Waals surface area contributed by atoms with Crippen LogP contribution >= 0.6 is 0 Å². The summed E-state index contributed by atoms with van der Waals surface area (Å²) in [7, 11) is 1.97. The number of aromatic hydroxyl groups is 1. The number of likely N-dealkylation sites (N-methyl/N-ethyl adjacent to an activating group) is 1. The molecule has 18 heavy (non-hydrogen) atoms. The fourth-order valence-corrected chi connectivity index (χ4v) is 1.66. The van der Waals surface area contributed by atoms with Crippen LogP contribution in [0.2, 0.25) is 0 Å². The van der Waals surface area contributed by atoms with E-state index in [9.17, 15) is 14.7 Å². The minimum atomic E-state index is -0.569. The molecule has 2 N–H and O–H groups in total. The molecule has 0 spiro atoms. The van der Waals surface area contributed by atoms with Crippen LogP contribution in [0.5, 0.6) is 5.88 Å². The zero-order valence-electron chi connectivity index (χ0n) is 11.4.